The van der Waals surface area contributed by atoms with Crippen molar-refractivity contribution in [2.75, 3.05) is 26.8 Å². The van der Waals surface area contributed by atoms with Crippen molar-refractivity contribution in [2.24, 2.45) is 5.92 Å². The number of nitrogens with one attached hydrogen (secondary N) is 2. The molecule has 15 heavy (non-hydrogen) atoms. The van der Waals surface area contributed by atoms with E-state index >= 15 is 0 Å². The van der Waals surface area contributed by atoms with E-state index in [0.29, 0.717) is 13.2 Å². The lowest BCUT2D eigenvalue weighted by Gasteiger charge is -2.13. The van der Waals surface area contributed by atoms with Crippen molar-refractivity contribution in [1.82, 2.24) is 10.6 Å². The molecule has 4 nitrogen and oxygen atoms in total. The Hall–Kier alpha value is -0.610. The fourth-order valence-corrected chi connectivity index (χ4v) is 1.34. The van der Waals surface area contributed by atoms with Crippen LogP contribution in [0.1, 0.15) is 26.2 Å². The molecule has 1 fully saturated rings. The van der Waals surface area contributed by atoms with Crippen molar-refractivity contribution in [3.8, 4) is 0 Å². The maximum Gasteiger partial charge on any atom is 0.236 e. The Morgan fingerprint density at radius 3 is 2.87 bits per heavy atom. The van der Waals surface area contributed by atoms with Crippen LogP contribution in [0.15, 0.2) is 0 Å². The quantitative estimate of drug-likeness (QED) is 0.579. The lowest BCUT2D eigenvalue weighted by molar-refractivity contribution is -0.122. The summed E-state index contributed by atoms with van der Waals surface area (Å²) in [4.78, 5) is 11.5. The zero-order valence-electron chi connectivity index (χ0n) is 9.71. The summed E-state index contributed by atoms with van der Waals surface area (Å²) in [6.07, 6.45) is 3.50. The Morgan fingerprint density at radius 1 is 1.53 bits per heavy atom. The molecule has 0 radical (unpaired) electrons. The van der Waals surface area contributed by atoms with Gasteiger partial charge in [0.25, 0.3) is 0 Å². The highest BCUT2D eigenvalue weighted by Gasteiger charge is 2.22. The fraction of sp³-hybridized carbons (Fsp3) is 0.909. The number of carbonyl (C=O) groups excluding carboxylic acids is 1. The fourth-order valence-electron chi connectivity index (χ4n) is 1.34. The van der Waals surface area contributed by atoms with Gasteiger partial charge in [0, 0.05) is 20.3 Å². The second-order valence-electron chi connectivity index (χ2n) is 4.21. The third kappa shape index (κ3) is 5.74. The first kappa shape index (κ1) is 12.5. The van der Waals surface area contributed by atoms with Gasteiger partial charge in [0.1, 0.15) is 0 Å². The highest BCUT2D eigenvalue weighted by atomic mass is 16.5. The van der Waals surface area contributed by atoms with E-state index in [9.17, 15) is 4.79 Å². The maximum atomic E-state index is 11.5. The first-order valence-electron chi connectivity index (χ1n) is 5.74. The molecule has 1 amide bonds. The van der Waals surface area contributed by atoms with Crippen LogP contribution in [-0.4, -0.2) is 38.8 Å². The number of carbonyl (C=O) groups is 1. The first-order valence-corrected chi connectivity index (χ1v) is 5.74. The van der Waals surface area contributed by atoms with E-state index < -0.39 is 0 Å². The van der Waals surface area contributed by atoms with Gasteiger partial charge in [0.2, 0.25) is 5.91 Å². The largest absolute Gasteiger partial charge is 0.385 e. The normalized spacial score (nSPS) is 17.5. The summed E-state index contributed by atoms with van der Waals surface area (Å²) in [5.74, 6) is 0.903. The van der Waals surface area contributed by atoms with Crippen LogP contribution in [0.5, 0.6) is 0 Å². The molecule has 88 valence electrons. The minimum absolute atomic E-state index is 0.0758. The summed E-state index contributed by atoms with van der Waals surface area (Å²) >= 11 is 0. The second kappa shape index (κ2) is 6.80. The van der Waals surface area contributed by atoms with Crippen LogP contribution in [0.4, 0.5) is 0 Å². The predicted octanol–water partition coefficient (Wildman–Crippen LogP) is 0.527. The first-order chi connectivity index (χ1) is 7.24. The van der Waals surface area contributed by atoms with Gasteiger partial charge in [-0.3, -0.25) is 4.79 Å². The molecule has 0 aliphatic heterocycles. The zero-order valence-corrected chi connectivity index (χ0v) is 9.71. The molecule has 4 heteroatoms. The monoisotopic (exact) mass is 214 g/mol. The lowest BCUT2D eigenvalue weighted by atomic mass is 10.3. The van der Waals surface area contributed by atoms with Crippen molar-refractivity contribution < 1.29 is 9.53 Å². The van der Waals surface area contributed by atoms with Crippen molar-refractivity contribution in [1.29, 1.82) is 0 Å². The van der Waals surface area contributed by atoms with Crippen molar-refractivity contribution in [3.63, 3.8) is 0 Å². The van der Waals surface area contributed by atoms with Gasteiger partial charge in [-0.2, -0.15) is 0 Å². The van der Waals surface area contributed by atoms with Crippen LogP contribution in [-0.2, 0) is 9.53 Å². The van der Waals surface area contributed by atoms with Crippen LogP contribution in [0.2, 0.25) is 0 Å². The zero-order chi connectivity index (χ0) is 11.1. The molecule has 1 aliphatic rings. The van der Waals surface area contributed by atoms with E-state index in [2.05, 4.69) is 10.6 Å². The molecule has 0 bridgehead atoms. The smallest absolute Gasteiger partial charge is 0.236 e. The molecule has 2 N–H and O–H groups in total. The molecular weight excluding hydrogens is 192 g/mol. The van der Waals surface area contributed by atoms with E-state index in [0.717, 1.165) is 18.9 Å². The van der Waals surface area contributed by atoms with Gasteiger partial charge >= 0.3 is 0 Å². The van der Waals surface area contributed by atoms with E-state index in [1.807, 2.05) is 6.92 Å². The predicted molar refractivity (Wildman–Crippen MR) is 59.7 cm³/mol. The van der Waals surface area contributed by atoms with Gasteiger partial charge in [-0.1, -0.05) is 0 Å². The minimum Gasteiger partial charge on any atom is -0.385 e. The minimum atomic E-state index is -0.0758. The van der Waals surface area contributed by atoms with Gasteiger partial charge in [0.15, 0.2) is 0 Å². The van der Waals surface area contributed by atoms with Crippen LogP contribution in [0, 0.1) is 5.92 Å². The Kier molecular flexibility index (Phi) is 5.65. The molecular formula is C11H22N2O2. The van der Waals surface area contributed by atoms with Gasteiger partial charge in [-0.25, -0.2) is 0 Å². The molecule has 0 heterocycles. The third-order valence-corrected chi connectivity index (χ3v) is 2.63. The van der Waals surface area contributed by atoms with Gasteiger partial charge < -0.3 is 15.4 Å². The summed E-state index contributed by atoms with van der Waals surface area (Å²) in [6.45, 7) is 4.28. The van der Waals surface area contributed by atoms with E-state index in [1.165, 1.54) is 12.8 Å². The molecule has 1 atom stereocenters. The van der Waals surface area contributed by atoms with Crippen LogP contribution in [0.3, 0.4) is 0 Å². The molecule has 1 unspecified atom stereocenters. The maximum absolute atomic E-state index is 11.5. The number of methoxy groups -OCH3 is 1. The molecule has 0 aromatic carbocycles. The Bertz CT molecular complexity index is 193. The summed E-state index contributed by atoms with van der Waals surface area (Å²) < 4.78 is 4.90. The lowest BCUT2D eigenvalue weighted by Crippen LogP contribution is -2.43. The topological polar surface area (TPSA) is 50.4 Å². The van der Waals surface area contributed by atoms with E-state index in [1.54, 1.807) is 7.11 Å². The molecule has 0 saturated heterocycles. The summed E-state index contributed by atoms with van der Waals surface area (Å²) in [5, 5.41) is 6.12. The second-order valence-corrected chi connectivity index (χ2v) is 4.21. The summed E-state index contributed by atoms with van der Waals surface area (Å²) in [6, 6.07) is -0.0758. The van der Waals surface area contributed by atoms with Crippen molar-refractivity contribution in [3.05, 3.63) is 0 Å². The molecule has 0 aromatic rings. The SMILES string of the molecule is COCCCNC(=O)C(C)NCC1CC1. The highest BCUT2D eigenvalue weighted by Crippen LogP contribution is 2.27. The third-order valence-electron chi connectivity index (χ3n) is 2.63. The molecule has 0 aromatic heterocycles. The van der Waals surface area contributed by atoms with Crippen molar-refractivity contribution >= 4 is 5.91 Å². The van der Waals surface area contributed by atoms with Gasteiger partial charge in [-0.15, -0.1) is 0 Å². The number of hydrogen-bond donors (Lipinski definition) is 2. The Morgan fingerprint density at radius 2 is 2.27 bits per heavy atom. The van der Waals surface area contributed by atoms with Crippen LogP contribution in [0.25, 0.3) is 0 Å². The number of amides is 1. The van der Waals surface area contributed by atoms with Crippen LogP contribution >= 0.6 is 0 Å². The Labute approximate surface area is 91.8 Å². The number of hydrogen-bond acceptors (Lipinski definition) is 3. The number of rotatable bonds is 8. The average molecular weight is 214 g/mol. The molecule has 1 rings (SSSR count). The summed E-state index contributed by atoms with van der Waals surface area (Å²) in [5.41, 5.74) is 0. The standard InChI is InChI=1S/C11H22N2O2/c1-9(13-8-10-4-5-10)11(14)12-6-3-7-15-2/h9-10,13H,3-8H2,1-2H3,(H,12,14). The molecule has 0 spiro atoms. The van der Waals surface area contributed by atoms with Gasteiger partial charge in [-0.05, 0) is 38.6 Å². The Balaban J connectivity index is 1.98. The number of ether oxygens (including phenoxy) is 1. The average Bonchev–Trinajstić information content (AvgIpc) is 3.04. The van der Waals surface area contributed by atoms with Crippen molar-refractivity contribution in [2.45, 2.75) is 32.2 Å². The molecule has 1 saturated carbocycles. The highest BCUT2D eigenvalue weighted by molar-refractivity contribution is 5.81. The van der Waals surface area contributed by atoms with Gasteiger partial charge in [0.05, 0.1) is 6.04 Å². The summed E-state index contributed by atoms with van der Waals surface area (Å²) in [7, 11) is 1.67. The van der Waals surface area contributed by atoms with E-state index in [-0.39, 0.29) is 11.9 Å². The molecule has 1 aliphatic carbocycles. The van der Waals surface area contributed by atoms with Crippen LogP contribution < -0.4 is 10.6 Å². The van der Waals surface area contributed by atoms with E-state index in [4.69, 9.17) is 4.74 Å².